The van der Waals surface area contributed by atoms with Gasteiger partial charge in [-0.25, -0.2) is 17.4 Å². The van der Waals surface area contributed by atoms with Gasteiger partial charge in [0, 0.05) is 24.8 Å². The van der Waals surface area contributed by atoms with Crippen LogP contribution in [-0.4, -0.2) is 45.2 Å². The third-order valence-corrected chi connectivity index (χ3v) is 9.31. The average molecular weight is 508 g/mol. The van der Waals surface area contributed by atoms with Gasteiger partial charge in [0.05, 0.1) is 44.1 Å². The van der Waals surface area contributed by atoms with E-state index in [1.54, 1.807) is 6.07 Å². The molecule has 0 saturated carbocycles. The maximum atomic E-state index is 13.8. The number of sulfonamides is 1. The lowest BCUT2D eigenvalue weighted by Crippen LogP contribution is -2.47. The third kappa shape index (κ3) is 5.75. The van der Waals surface area contributed by atoms with Gasteiger partial charge in [-0.1, -0.05) is 39.8 Å². The van der Waals surface area contributed by atoms with Gasteiger partial charge in [-0.3, -0.25) is 4.31 Å². The molecule has 9 heteroatoms. The van der Waals surface area contributed by atoms with Gasteiger partial charge in [-0.2, -0.15) is 0 Å². The quantitative estimate of drug-likeness (QED) is 0.447. The van der Waals surface area contributed by atoms with Crippen LogP contribution in [-0.2, 0) is 30.9 Å². The van der Waals surface area contributed by atoms with E-state index in [9.17, 15) is 12.6 Å². The van der Waals surface area contributed by atoms with Gasteiger partial charge >= 0.3 is 0 Å². The maximum Gasteiger partial charge on any atom is 0.264 e. The Labute approximate surface area is 204 Å². The van der Waals surface area contributed by atoms with Crippen LogP contribution in [0.3, 0.4) is 0 Å². The maximum absolute atomic E-state index is 13.8. The van der Waals surface area contributed by atoms with E-state index in [2.05, 4.69) is 19.2 Å². The first-order valence-corrected chi connectivity index (χ1v) is 15.1. The Morgan fingerprint density at radius 1 is 1.09 bits per heavy atom. The molecule has 1 aliphatic rings. The lowest BCUT2D eigenvalue weighted by molar-refractivity contribution is -0.106. The van der Waals surface area contributed by atoms with Crippen molar-refractivity contribution >= 4 is 31.1 Å². The van der Waals surface area contributed by atoms with E-state index in [0.717, 1.165) is 18.4 Å². The summed E-state index contributed by atoms with van der Waals surface area (Å²) < 4.78 is 55.4. The lowest BCUT2D eigenvalue weighted by atomic mass is 9.83. The molecular formula is C25H37N3O4S2. The van der Waals surface area contributed by atoms with Crippen LogP contribution in [0.5, 0.6) is 0 Å². The summed E-state index contributed by atoms with van der Waals surface area (Å²) in [5.74, 6) is 0.0996. The zero-order chi connectivity index (χ0) is 25.1. The molecule has 34 heavy (non-hydrogen) atoms. The van der Waals surface area contributed by atoms with Crippen LogP contribution < -0.4 is 9.62 Å². The molecule has 1 unspecified atom stereocenters. The molecule has 0 bridgehead atoms. The molecule has 3 rings (SSSR count). The Balaban J connectivity index is 2.01. The summed E-state index contributed by atoms with van der Waals surface area (Å²) in [5.41, 5.74) is 2.26. The Morgan fingerprint density at radius 3 is 2.21 bits per heavy atom. The van der Waals surface area contributed by atoms with E-state index in [0.29, 0.717) is 37.7 Å². The van der Waals surface area contributed by atoms with Crippen molar-refractivity contribution in [3.05, 3.63) is 48.0 Å². The van der Waals surface area contributed by atoms with Crippen molar-refractivity contribution in [2.75, 3.05) is 42.2 Å². The van der Waals surface area contributed by atoms with Crippen molar-refractivity contribution < 1.29 is 17.4 Å². The molecule has 0 aliphatic carbocycles. The standard InChI is InChI=1S/C25H37N3O4S2/c1-6-20-8-10-21(11-9-20)28(15-19(3)4)34(30,31)22-12-13-23(24(14-22)33(5,26)29)27-16-25(7-2)17-32-18-25/h8-14,19,26-27H,6-7,15-18H2,1-5H3. The monoisotopic (exact) mass is 507 g/mol. The van der Waals surface area contributed by atoms with Crippen molar-refractivity contribution in [3.8, 4) is 0 Å². The number of aryl methyl sites for hydroxylation is 1. The summed E-state index contributed by atoms with van der Waals surface area (Å²) in [5, 5.41) is 3.31. The molecule has 0 radical (unpaired) electrons. The van der Waals surface area contributed by atoms with E-state index in [4.69, 9.17) is 9.52 Å². The van der Waals surface area contributed by atoms with Gasteiger partial charge in [-0.15, -0.1) is 0 Å². The predicted octanol–water partition coefficient (Wildman–Crippen LogP) is 4.97. The van der Waals surface area contributed by atoms with Crippen LogP contribution in [0.2, 0.25) is 0 Å². The minimum absolute atomic E-state index is 0.0113. The summed E-state index contributed by atoms with van der Waals surface area (Å²) in [4.78, 5) is 0.234. The second-order valence-corrected chi connectivity index (χ2v) is 13.6. The minimum atomic E-state index is -3.93. The molecule has 1 atom stereocenters. The van der Waals surface area contributed by atoms with E-state index in [1.165, 1.54) is 22.7 Å². The van der Waals surface area contributed by atoms with Crippen molar-refractivity contribution in [1.29, 1.82) is 4.78 Å². The van der Waals surface area contributed by atoms with Crippen molar-refractivity contribution in [2.24, 2.45) is 11.3 Å². The zero-order valence-electron chi connectivity index (χ0n) is 20.8. The van der Waals surface area contributed by atoms with Crippen LogP contribution in [0.4, 0.5) is 11.4 Å². The topological polar surface area (TPSA) is 99.6 Å². The molecule has 1 heterocycles. The SMILES string of the molecule is CCc1ccc(N(CC(C)C)S(=O)(=O)c2ccc(NCC3(CC)COC3)c(S(C)(=N)=O)c2)cc1. The number of nitrogens with one attached hydrogen (secondary N) is 2. The van der Waals surface area contributed by atoms with Crippen molar-refractivity contribution in [1.82, 2.24) is 0 Å². The largest absolute Gasteiger partial charge is 0.383 e. The number of hydrogen-bond donors (Lipinski definition) is 2. The highest BCUT2D eigenvalue weighted by Gasteiger charge is 2.37. The number of ether oxygens (including phenoxy) is 1. The van der Waals surface area contributed by atoms with Crippen LogP contribution in [0, 0.1) is 16.1 Å². The third-order valence-electron chi connectivity index (χ3n) is 6.34. The Bertz CT molecular complexity index is 1200. The highest BCUT2D eigenvalue weighted by atomic mass is 32.2. The highest BCUT2D eigenvalue weighted by Crippen LogP contribution is 2.34. The first kappa shape index (κ1) is 26.5. The van der Waals surface area contributed by atoms with E-state index in [1.807, 2.05) is 38.1 Å². The molecule has 1 aliphatic heterocycles. The molecular weight excluding hydrogens is 470 g/mol. The molecule has 2 N–H and O–H groups in total. The van der Waals surface area contributed by atoms with Gasteiger partial charge < -0.3 is 10.1 Å². The fourth-order valence-corrected chi connectivity index (χ4v) is 6.58. The van der Waals surface area contributed by atoms with Crippen molar-refractivity contribution in [3.63, 3.8) is 0 Å². The summed E-state index contributed by atoms with van der Waals surface area (Å²) in [6.45, 7) is 10.3. The first-order chi connectivity index (χ1) is 15.9. The molecule has 188 valence electrons. The van der Waals surface area contributed by atoms with Crippen LogP contribution in [0.25, 0.3) is 0 Å². The molecule has 0 spiro atoms. The first-order valence-electron chi connectivity index (χ1n) is 11.7. The van der Waals surface area contributed by atoms with Gasteiger partial charge in [0.1, 0.15) is 0 Å². The average Bonchev–Trinajstić information content (AvgIpc) is 2.76. The van der Waals surface area contributed by atoms with Crippen LogP contribution in [0.15, 0.2) is 52.3 Å². The van der Waals surface area contributed by atoms with E-state index < -0.39 is 19.8 Å². The summed E-state index contributed by atoms with van der Waals surface area (Å²) >= 11 is 0. The van der Waals surface area contributed by atoms with Gasteiger partial charge in [0.2, 0.25) is 0 Å². The highest BCUT2D eigenvalue weighted by molar-refractivity contribution is 7.93. The minimum Gasteiger partial charge on any atom is -0.383 e. The Hall–Kier alpha value is -2.10. The van der Waals surface area contributed by atoms with Gasteiger partial charge in [0.15, 0.2) is 0 Å². The molecule has 2 aromatic carbocycles. The fraction of sp³-hybridized carbons (Fsp3) is 0.520. The van der Waals surface area contributed by atoms with Gasteiger partial charge in [-0.05, 0) is 54.7 Å². The number of nitrogens with zero attached hydrogens (tertiary/aromatic N) is 1. The molecule has 0 amide bonds. The zero-order valence-corrected chi connectivity index (χ0v) is 22.4. The Kier molecular flexibility index (Phi) is 7.99. The molecule has 0 aromatic heterocycles. The number of hydrogen-bond acceptors (Lipinski definition) is 6. The molecule has 2 aromatic rings. The molecule has 1 saturated heterocycles. The van der Waals surface area contributed by atoms with E-state index in [-0.39, 0.29) is 21.1 Å². The fourth-order valence-electron chi connectivity index (χ4n) is 3.94. The predicted molar refractivity (Wildman–Crippen MR) is 139 cm³/mol. The second kappa shape index (κ2) is 10.3. The van der Waals surface area contributed by atoms with Crippen LogP contribution in [0.1, 0.15) is 39.7 Å². The summed E-state index contributed by atoms with van der Waals surface area (Å²) in [7, 11) is -7.11. The normalized spacial score (nSPS) is 17.1. The molecule has 7 nitrogen and oxygen atoms in total. The summed E-state index contributed by atoms with van der Waals surface area (Å²) in [6, 6.07) is 12.1. The second-order valence-electron chi connectivity index (χ2n) is 9.65. The van der Waals surface area contributed by atoms with E-state index >= 15 is 0 Å². The number of benzene rings is 2. The number of rotatable bonds is 11. The number of anilines is 2. The molecule has 1 fully saturated rings. The van der Waals surface area contributed by atoms with Gasteiger partial charge in [0.25, 0.3) is 10.0 Å². The smallest absolute Gasteiger partial charge is 0.264 e. The Morgan fingerprint density at radius 2 is 1.74 bits per heavy atom. The lowest BCUT2D eigenvalue weighted by Gasteiger charge is -2.41. The summed E-state index contributed by atoms with van der Waals surface area (Å²) in [6.07, 6.45) is 3.13. The van der Waals surface area contributed by atoms with Crippen molar-refractivity contribution in [2.45, 2.75) is 50.3 Å². The van der Waals surface area contributed by atoms with Crippen LogP contribution >= 0.6 is 0 Å².